The number of nitrogens with zero attached hydrogens (tertiary/aromatic N) is 1. The largest absolute Gasteiger partial charge is 0.336 e. The fraction of sp³-hybridized carbons (Fsp3) is 0.200. The highest BCUT2D eigenvalue weighted by Crippen LogP contribution is 2.20. The lowest BCUT2D eigenvalue weighted by molar-refractivity contribution is 0.103. The molecule has 1 atom stereocenters. The Kier molecular flexibility index (Phi) is 6.80. The second kappa shape index (κ2) is 9.50. The van der Waals surface area contributed by atoms with Gasteiger partial charge in [0.05, 0.1) is 10.9 Å². The monoisotopic (exact) mass is 414 g/mol. The Morgan fingerprint density at radius 2 is 1.82 bits per heavy atom. The summed E-state index contributed by atoms with van der Waals surface area (Å²) in [6.45, 7) is 0.490. The Morgan fingerprint density at radius 1 is 1.04 bits per heavy atom. The van der Waals surface area contributed by atoms with Gasteiger partial charge in [0.1, 0.15) is 0 Å². The molecule has 146 valence electrons. The van der Waals surface area contributed by atoms with Gasteiger partial charge in [0, 0.05) is 17.9 Å². The molecule has 0 bridgehead atoms. The van der Waals surface area contributed by atoms with Crippen molar-refractivity contribution in [3.05, 3.63) is 69.0 Å². The minimum absolute atomic E-state index is 0.105. The van der Waals surface area contributed by atoms with Gasteiger partial charge in [-0.15, -0.1) is 11.3 Å². The summed E-state index contributed by atoms with van der Waals surface area (Å²) >= 11 is 3.02. The van der Waals surface area contributed by atoms with E-state index in [1.807, 2.05) is 30.9 Å². The molecule has 6 nitrogen and oxygen atoms in total. The van der Waals surface area contributed by atoms with Crippen LogP contribution in [0.5, 0.6) is 0 Å². The van der Waals surface area contributed by atoms with E-state index in [-0.39, 0.29) is 18.0 Å². The quantitative estimate of drug-likeness (QED) is 0.533. The Bertz CT molecular complexity index is 908. The molecule has 1 unspecified atom stereocenters. The molecule has 3 N–H and O–H groups in total. The van der Waals surface area contributed by atoms with E-state index in [1.165, 1.54) is 16.9 Å². The highest BCUT2D eigenvalue weighted by molar-refractivity contribution is 7.12. The van der Waals surface area contributed by atoms with Crippen molar-refractivity contribution in [3.8, 4) is 0 Å². The van der Waals surface area contributed by atoms with Gasteiger partial charge >= 0.3 is 6.03 Å². The Hall–Kier alpha value is -2.68. The number of carbonyl (C=O) groups excluding carboxylic acids is 2. The van der Waals surface area contributed by atoms with Crippen molar-refractivity contribution in [3.63, 3.8) is 0 Å². The first-order valence-corrected chi connectivity index (χ1v) is 10.5. The molecule has 3 rings (SSSR count). The molecule has 0 saturated carbocycles. The van der Waals surface area contributed by atoms with Gasteiger partial charge in [0.15, 0.2) is 0 Å². The topological polar surface area (TPSA) is 73.5 Å². The Labute approximate surface area is 172 Å². The fourth-order valence-electron chi connectivity index (χ4n) is 2.70. The maximum Gasteiger partial charge on any atom is 0.319 e. The highest BCUT2D eigenvalue weighted by atomic mass is 32.1. The molecule has 0 saturated heterocycles. The summed E-state index contributed by atoms with van der Waals surface area (Å²) < 4.78 is 0. The van der Waals surface area contributed by atoms with Gasteiger partial charge < -0.3 is 20.9 Å². The van der Waals surface area contributed by atoms with Crippen LogP contribution < -0.4 is 16.0 Å². The molecule has 0 radical (unpaired) electrons. The first-order chi connectivity index (χ1) is 13.5. The van der Waals surface area contributed by atoms with Crippen LogP contribution in [0, 0.1) is 0 Å². The average molecular weight is 415 g/mol. The van der Waals surface area contributed by atoms with Crippen molar-refractivity contribution < 1.29 is 9.59 Å². The number of hydrogen-bond acceptors (Lipinski definition) is 5. The molecular weight excluding hydrogens is 392 g/mol. The predicted molar refractivity (Wildman–Crippen MR) is 116 cm³/mol. The Morgan fingerprint density at radius 3 is 2.46 bits per heavy atom. The summed E-state index contributed by atoms with van der Waals surface area (Å²) in [6.07, 6.45) is 0. The van der Waals surface area contributed by atoms with Crippen LogP contribution in [0.1, 0.15) is 21.3 Å². The normalized spacial score (nSPS) is 11.8. The van der Waals surface area contributed by atoms with Gasteiger partial charge in [-0.1, -0.05) is 12.1 Å². The second-order valence-electron chi connectivity index (χ2n) is 6.38. The maximum atomic E-state index is 12.3. The number of urea groups is 1. The molecule has 0 aliphatic carbocycles. The van der Waals surface area contributed by atoms with E-state index in [9.17, 15) is 9.59 Å². The third-order valence-electron chi connectivity index (χ3n) is 4.13. The third kappa shape index (κ3) is 5.41. The van der Waals surface area contributed by atoms with Crippen LogP contribution in [0.4, 0.5) is 16.2 Å². The van der Waals surface area contributed by atoms with E-state index in [0.717, 1.165) is 0 Å². The molecule has 0 aliphatic heterocycles. The van der Waals surface area contributed by atoms with Crippen LogP contribution >= 0.6 is 22.7 Å². The lowest BCUT2D eigenvalue weighted by atomic mass is 10.1. The zero-order valence-corrected chi connectivity index (χ0v) is 17.3. The van der Waals surface area contributed by atoms with Gasteiger partial charge in [0.25, 0.3) is 5.91 Å². The summed E-state index contributed by atoms with van der Waals surface area (Å²) in [5, 5.41) is 14.5. The molecule has 0 aliphatic rings. The minimum atomic E-state index is -0.288. The van der Waals surface area contributed by atoms with Crippen LogP contribution in [0.3, 0.4) is 0 Å². The summed E-state index contributed by atoms with van der Waals surface area (Å²) in [5.41, 5.74) is 2.41. The molecule has 2 aromatic heterocycles. The highest BCUT2D eigenvalue weighted by Gasteiger charge is 2.15. The number of rotatable bonds is 7. The average Bonchev–Trinajstić information content (AvgIpc) is 3.36. The summed E-state index contributed by atoms with van der Waals surface area (Å²) in [6, 6.07) is 12.6. The van der Waals surface area contributed by atoms with Crippen LogP contribution in [0.2, 0.25) is 0 Å². The summed E-state index contributed by atoms with van der Waals surface area (Å²) in [7, 11) is 3.98. The number of likely N-dealkylation sites (N-methyl/N-ethyl adjacent to an activating group) is 1. The number of nitrogens with one attached hydrogen (secondary N) is 3. The second-order valence-corrected chi connectivity index (χ2v) is 8.11. The molecule has 3 aromatic rings. The number of carbonyl (C=O) groups is 2. The molecule has 0 fully saturated rings. The van der Waals surface area contributed by atoms with Crippen LogP contribution in [-0.4, -0.2) is 37.5 Å². The molecule has 1 aromatic carbocycles. The van der Waals surface area contributed by atoms with E-state index in [4.69, 9.17) is 0 Å². The summed E-state index contributed by atoms with van der Waals surface area (Å²) in [4.78, 5) is 27.2. The zero-order chi connectivity index (χ0) is 19.9. The van der Waals surface area contributed by atoms with E-state index in [1.54, 1.807) is 41.7 Å². The van der Waals surface area contributed by atoms with E-state index in [0.29, 0.717) is 22.8 Å². The molecule has 8 heteroatoms. The van der Waals surface area contributed by atoms with Gasteiger partial charge in [0.2, 0.25) is 0 Å². The lowest BCUT2D eigenvalue weighted by Gasteiger charge is -2.24. The number of amides is 3. The van der Waals surface area contributed by atoms with Crippen molar-refractivity contribution in [2.75, 3.05) is 31.3 Å². The lowest BCUT2D eigenvalue weighted by Crippen LogP contribution is -2.36. The molecular formula is C20H22N4O2S2. The fourth-order valence-corrected chi connectivity index (χ4v) is 4.03. The third-order valence-corrected chi connectivity index (χ3v) is 5.70. The molecule has 0 spiro atoms. The minimum Gasteiger partial charge on any atom is -0.336 e. The first kappa shape index (κ1) is 20.1. The molecule has 28 heavy (non-hydrogen) atoms. The molecule has 2 heterocycles. The van der Waals surface area contributed by atoms with Crippen molar-refractivity contribution in [2.45, 2.75) is 6.04 Å². The van der Waals surface area contributed by atoms with E-state index in [2.05, 4.69) is 32.3 Å². The molecule has 3 amide bonds. The Balaban J connectivity index is 1.56. The van der Waals surface area contributed by atoms with Crippen molar-refractivity contribution >= 4 is 46.0 Å². The SMILES string of the molecule is CN(C)C(CNC(=O)Nc1cccc(NC(=O)c2cccs2)c1)c1ccsc1. The van der Waals surface area contributed by atoms with Crippen molar-refractivity contribution in [2.24, 2.45) is 0 Å². The van der Waals surface area contributed by atoms with Gasteiger partial charge in [-0.05, 0) is 66.1 Å². The van der Waals surface area contributed by atoms with Crippen LogP contribution in [0.25, 0.3) is 0 Å². The number of anilines is 2. The van der Waals surface area contributed by atoms with E-state index < -0.39 is 0 Å². The predicted octanol–water partition coefficient (Wildman–Crippen LogP) is 4.49. The first-order valence-electron chi connectivity index (χ1n) is 8.71. The number of hydrogen-bond donors (Lipinski definition) is 3. The maximum absolute atomic E-state index is 12.3. The van der Waals surface area contributed by atoms with E-state index >= 15 is 0 Å². The smallest absolute Gasteiger partial charge is 0.319 e. The van der Waals surface area contributed by atoms with Crippen molar-refractivity contribution in [1.82, 2.24) is 10.2 Å². The number of thiophene rings is 2. The van der Waals surface area contributed by atoms with Gasteiger partial charge in [-0.3, -0.25) is 4.79 Å². The zero-order valence-electron chi connectivity index (χ0n) is 15.6. The number of benzene rings is 1. The van der Waals surface area contributed by atoms with Crippen LogP contribution in [-0.2, 0) is 0 Å². The van der Waals surface area contributed by atoms with Crippen molar-refractivity contribution in [1.29, 1.82) is 0 Å². The summed E-state index contributed by atoms with van der Waals surface area (Å²) in [5.74, 6) is -0.166. The van der Waals surface area contributed by atoms with Gasteiger partial charge in [-0.2, -0.15) is 11.3 Å². The van der Waals surface area contributed by atoms with Gasteiger partial charge in [-0.25, -0.2) is 4.79 Å². The van der Waals surface area contributed by atoms with Crippen LogP contribution in [0.15, 0.2) is 58.6 Å². The standard InChI is InChI=1S/C20H22N4O2S2/c1-24(2)17(14-8-10-27-13-14)12-21-20(26)23-16-6-3-5-15(11-16)22-19(25)18-7-4-9-28-18/h3-11,13,17H,12H2,1-2H3,(H,22,25)(H2,21,23,26).